The van der Waals surface area contributed by atoms with Crippen molar-refractivity contribution in [1.82, 2.24) is 4.98 Å². The zero-order valence-electron chi connectivity index (χ0n) is 10.0. The molecule has 2 N–H and O–H groups in total. The third-order valence-corrected chi connectivity index (χ3v) is 3.16. The Morgan fingerprint density at radius 3 is 2.58 bits per heavy atom. The lowest BCUT2D eigenvalue weighted by atomic mass is 10.2. The molecule has 3 aromatic rings. The van der Waals surface area contributed by atoms with E-state index in [9.17, 15) is 0 Å². The molecule has 1 heterocycles. The number of ether oxygens (including phenoxy) is 1. The summed E-state index contributed by atoms with van der Waals surface area (Å²) in [5, 5.41) is 1.49. The first-order valence-electron chi connectivity index (χ1n) is 5.81. The zero-order chi connectivity index (χ0) is 13.2. The molecule has 0 radical (unpaired) electrons. The van der Waals surface area contributed by atoms with E-state index in [1.807, 2.05) is 30.3 Å². The standard InChI is InChI=1S/C15H11ClN2O/c16-11-6-2-7-12(14(11)17)19-13-8-1-4-10-5-3-9-18-15(10)13/h1-9H,17H2. The number of aromatic nitrogens is 1. The van der Waals surface area contributed by atoms with Gasteiger partial charge in [0.15, 0.2) is 11.5 Å². The van der Waals surface area contributed by atoms with Gasteiger partial charge in [-0.15, -0.1) is 0 Å². The van der Waals surface area contributed by atoms with E-state index in [-0.39, 0.29) is 0 Å². The Morgan fingerprint density at radius 1 is 0.947 bits per heavy atom. The average Bonchev–Trinajstić information content (AvgIpc) is 2.44. The van der Waals surface area contributed by atoms with Crippen LogP contribution in [0.25, 0.3) is 10.9 Å². The van der Waals surface area contributed by atoms with Crippen LogP contribution in [0.2, 0.25) is 5.02 Å². The zero-order valence-corrected chi connectivity index (χ0v) is 10.8. The predicted octanol–water partition coefficient (Wildman–Crippen LogP) is 4.26. The van der Waals surface area contributed by atoms with Crippen LogP contribution in [0.3, 0.4) is 0 Å². The number of anilines is 1. The number of nitrogens with two attached hydrogens (primary N) is 1. The van der Waals surface area contributed by atoms with E-state index in [0.29, 0.717) is 22.2 Å². The van der Waals surface area contributed by atoms with Crippen LogP contribution in [0.15, 0.2) is 54.7 Å². The van der Waals surface area contributed by atoms with Crippen molar-refractivity contribution >= 4 is 28.2 Å². The Kier molecular flexibility index (Phi) is 2.97. The average molecular weight is 271 g/mol. The number of pyridine rings is 1. The van der Waals surface area contributed by atoms with E-state index in [4.69, 9.17) is 22.1 Å². The first-order valence-corrected chi connectivity index (χ1v) is 6.19. The van der Waals surface area contributed by atoms with Crippen LogP contribution in [0.4, 0.5) is 5.69 Å². The van der Waals surface area contributed by atoms with Crippen LogP contribution < -0.4 is 10.5 Å². The summed E-state index contributed by atoms with van der Waals surface area (Å²) in [5.41, 5.74) is 7.12. The number of hydrogen-bond acceptors (Lipinski definition) is 3. The predicted molar refractivity (Wildman–Crippen MR) is 77.7 cm³/mol. The molecule has 0 fully saturated rings. The highest BCUT2D eigenvalue weighted by Gasteiger charge is 2.08. The number of rotatable bonds is 2. The fourth-order valence-corrected chi connectivity index (χ4v) is 2.05. The summed E-state index contributed by atoms with van der Waals surface area (Å²) in [7, 11) is 0. The summed E-state index contributed by atoms with van der Waals surface area (Å²) in [6, 6.07) is 14.9. The van der Waals surface area contributed by atoms with E-state index < -0.39 is 0 Å². The molecule has 0 amide bonds. The van der Waals surface area contributed by atoms with Gasteiger partial charge < -0.3 is 10.5 Å². The Hall–Kier alpha value is -2.26. The number of benzene rings is 2. The SMILES string of the molecule is Nc1c(Cl)cccc1Oc1cccc2cccnc12. The smallest absolute Gasteiger partial charge is 0.153 e. The van der Waals surface area contributed by atoms with Crippen LogP contribution in [-0.4, -0.2) is 4.98 Å². The minimum atomic E-state index is 0.428. The number of hydrogen-bond donors (Lipinski definition) is 1. The lowest BCUT2D eigenvalue weighted by Gasteiger charge is -2.10. The van der Waals surface area contributed by atoms with Crippen molar-refractivity contribution in [2.75, 3.05) is 5.73 Å². The second-order valence-electron chi connectivity index (χ2n) is 4.08. The number of fused-ring (bicyclic) bond motifs is 1. The molecule has 19 heavy (non-hydrogen) atoms. The van der Waals surface area contributed by atoms with E-state index in [2.05, 4.69) is 4.98 Å². The topological polar surface area (TPSA) is 48.1 Å². The van der Waals surface area contributed by atoms with Gasteiger partial charge in [-0.05, 0) is 24.3 Å². The quantitative estimate of drug-likeness (QED) is 0.708. The van der Waals surface area contributed by atoms with Gasteiger partial charge in [-0.1, -0.05) is 35.9 Å². The van der Waals surface area contributed by atoms with Crippen molar-refractivity contribution in [3.63, 3.8) is 0 Å². The molecule has 1 aromatic heterocycles. The lowest BCUT2D eigenvalue weighted by molar-refractivity contribution is 0.489. The van der Waals surface area contributed by atoms with Gasteiger partial charge in [0.1, 0.15) is 5.52 Å². The molecule has 0 aliphatic heterocycles. The van der Waals surface area contributed by atoms with E-state index in [1.165, 1.54) is 0 Å². The van der Waals surface area contributed by atoms with Crippen molar-refractivity contribution in [1.29, 1.82) is 0 Å². The van der Waals surface area contributed by atoms with Gasteiger partial charge >= 0.3 is 0 Å². The molecule has 3 nitrogen and oxygen atoms in total. The molecule has 94 valence electrons. The fourth-order valence-electron chi connectivity index (χ4n) is 1.88. The van der Waals surface area contributed by atoms with Gasteiger partial charge in [0.25, 0.3) is 0 Å². The van der Waals surface area contributed by atoms with Gasteiger partial charge in [-0.2, -0.15) is 0 Å². The highest BCUT2D eigenvalue weighted by Crippen LogP contribution is 2.34. The van der Waals surface area contributed by atoms with E-state index in [0.717, 1.165) is 10.9 Å². The summed E-state index contributed by atoms with van der Waals surface area (Å²) < 4.78 is 5.83. The second kappa shape index (κ2) is 4.78. The minimum absolute atomic E-state index is 0.428. The summed E-state index contributed by atoms with van der Waals surface area (Å²) >= 11 is 5.98. The molecule has 0 unspecified atom stereocenters. The first kappa shape index (κ1) is 11.8. The molecule has 0 bridgehead atoms. The number of para-hydroxylation sites is 2. The largest absolute Gasteiger partial charge is 0.453 e. The van der Waals surface area contributed by atoms with Crippen molar-refractivity contribution in [3.8, 4) is 11.5 Å². The third-order valence-electron chi connectivity index (χ3n) is 2.83. The monoisotopic (exact) mass is 270 g/mol. The summed E-state index contributed by atoms with van der Waals surface area (Å²) in [6.45, 7) is 0. The van der Waals surface area contributed by atoms with Crippen molar-refractivity contribution < 1.29 is 4.74 Å². The highest BCUT2D eigenvalue weighted by molar-refractivity contribution is 6.33. The van der Waals surface area contributed by atoms with Gasteiger partial charge in [0.2, 0.25) is 0 Å². The third kappa shape index (κ3) is 2.20. The maximum atomic E-state index is 5.98. The minimum Gasteiger partial charge on any atom is -0.453 e. The molecule has 0 aliphatic rings. The Morgan fingerprint density at radius 2 is 1.68 bits per heavy atom. The lowest BCUT2D eigenvalue weighted by Crippen LogP contribution is -1.94. The Labute approximate surface area is 115 Å². The van der Waals surface area contributed by atoms with Crippen LogP contribution >= 0.6 is 11.6 Å². The van der Waals surface area contributed by atoms with Gasteiger partial charge in [0.05, 0.1) is 10.7 Å². The molecular formula is C15H11ClN2O. The van der Waals surface area contributed by atoms with Gasteiger partial charge in [0, 0.05) is 11.6 Å². The molecule has 0 aliphatic carbocycles. The van der Waals surface area contributed by atoms with Crippen LogP contribution in [-0.2, 0) is 0 Å². The normalized spacial score (nSPS) is 10.6. The fraction of sp³-hybridized carbons (Fsp3) is 0. The maximum absolute atomic E-state index is 5.98. The van der Waals surface area contributed by atoms with Gasteiger partial charge in [-0.25, -0.2) is 0 Å². The Balaban J connectivity index is 2.09. The van der Waals surface area contributed by atoms with Gasteiger partial charge in [-0.3, -0.25) is 4.98 Å². The molecule has 3 rings (SSSR count). The number of nitrogens with zero attached hydrogens (tertiary/aromatic N) is 1. The van der Waals surface area contributed by atoms with E-state index in [1.54, 1.807) is 24.4 Å². The van der Waals surface area contributed by atoms with Crippen LogP contribution in [0, 0.1) is 0 Å². The highest BCUT2D eigenvalue weighted by atomic mass is 35.5. The van der Waals surface area contributed by atoms with E-state index >= 15 is 0 Å². The molecule has 0 saturated heterocycles. The summed E-state index contributed by atoms with van der Waals surface area (Å²) in [5.74, 6) is 1.19. The number of nitrogen functional groups attached to an aromatic ring is 1. The van der Waals surface area contributed by atoms with Crippen molar-refractivity contribution in [2.45, 2.75) is 0 Å². The summed E-state index contributed by atoms with van der Waals surface area (Å²) in [4.78, 5) is 4.33. The summed E-state index contributed by atoms with van der Waals surface area (Å²) in [6.07, 6.45) is 1.73. The van der Waals surface area contributed by atoms with Crippen molar-refractivity contribution in [3.05, 3.63) is 59.8 Å². The first-order chi connectivity index (χ1) is 9.25. The van der Waals surface area contributed by atoms with Crippen LogP contribution in [0.5, 0.6) is 11.5 Å². The maximum Gasteiger partial charge on any atom is 0.153 e. The molecule has 0 spiro atoms. The van der Waals surface area contributed by atoms with Crippen molar-refractivity contribution in [2.24, 2.45) is 0 Å². The molecule has 2 aromatic carbocycles. The molecule has 0 saturated carbocycles. The van der Waals surface area contributed by atoms with Crippen LogP contribution in [0.1, 0.15) is 0 Å². The molecular weight excluding hydrogens is 260 g/mol. The second-order valence-corrected chi connectivity index (χ2v) is 4.49. The number of halogens is 1. The molecule has 4 heteroatoms. The Bertz CT molecular complexity index is 738. The molecule has 0 atom stereocenters.